The van der Waals surface area contributed by atoms with E-state index >= 15 is 0 Å². The molecule has 1 atom stereocenters. The second kappa shape index (κ2) is 10.4. The van der Waals surface area contributed by atoms with Crippen LogP contribution >= 0.6 is 11.3 Å². The largest absolute Gasteiger partial charge is 0.377 e. The van der Waals surface area contributed by atoms with Gasteiger partial charge in [-0.2, -0.15) is 0 Å². The highest BCUT2D eigenvalue weighted by molar-refractivity contribution is 7.13. The summed E-state index contributed by atoms with van der Waals surface area (Å²) in [6.45, 7) is 5.17. The molecule has 1 saturated heterocycles. The molecule has 1 aromatic carbocycles. The molecule has 1 aromatic heterocycles. The lowest BCUT2D eigenvalue weighted by atomic mass is 10.0. The Kier molecular flexibility index (Phi) is 7.68. The van der Waals surface area contributed by atoms with Crippen molar-refractivity contribution in [1.29, 1.82) is 0 Å². The lowest BCUT2D eigenvalue weighted by Gasteiger charge is -2.33. The number of benzene rings is 1. The standard InChI is InChI=1S/C20H27N5O3S/c1-14-5-3-4-11-25(14)12-10-21-18(26)15-6-8-16(9-7-15)22-19(27)20-24-23-17(29-20)13-28-2/h6-9,14H,3-5,10-13H2,1-2H3,(H,21,26)(H,22,27)/t14-/m1/s1. The molecule has 1 aliphatic rings. The van der Waals surface area contributed by atoms with Crippen LogP contribution in [-0.4, -0.2) is 59.7 Å². The highest BCUT2D eigenvalue weighted by Crippen LogP contribution is 2.16. The summed E-state index contributed by atoms with van der Waals surface area (Å²) in [7, 11) is 1.56. The summed E-state index contributed by atoms with van der Waals surface area (Å²) in [5.74, 6) is -0.446. The molecule has 0 unspecified atom stereocenters. The van der Waals surface area contributed by atoms with E-state index in [1.54, 1.807) is 31.4 Å². The number of anilines is 1. The monoisotopic (exact) mass is 417 g/mol. The number of piperidine rings is 1. The van der Waals surface area contributed by atoms with E-state index in [-0.39, 0.29) is 16.8 Å². The van der Waals surface area contributed by atoms with E-state index < -0.39 is 0 Å². The highest BCUT2D eigenvalue weighted by atomic mass is 32.1. The van der Waals surface area contributed by atoms with E-state index in [1.807, 2.05) is 0 Å². The molecule has 2 N–H and O–H groups in total. The van der Waals surface area contributed by atoms with Crippen LogP contribution in [-0.2, 0) is 11.3 Å². The first-order valence-electron chi connectivity index (χ1n) is 9.82. The lowest BCUT2D eigenvalue weighted by molar-refractivity contribution is 0.0938. The predicted octanol–water partition coefficient (Wildman–Crippen LogP) is 2.54. The number of nitrogens with one attached hydrogen (secondary N) is 2. The van der Waals surface area contributed by atoms with Crippen molar-refractivity contribution in [2.24, 2.45) is 0 Å². The van der Waals surface area contributed by atoms with Gasteiger partial charge in [0.2, 0.25) is 5.01 Å². The lowest BCUT2D eigenvalue weighted by Crippen LogP contribution is -2.42. The van der Waals surface area contributed by atoms with Gasteiger partial charge < -0.3 is 15.4 Å². The molecule has 2 aromatic rings. The van der Waals surface area contributed by atoms with Crippen LogP contribution in [0.3, 0.4) is 0 Å². The van der Waals surface area contributed by atoms with E-state index in [2.05, 4.69) is 32.7 Å². The fraction of sp³-hybridized carbons (Fsp3) is 0.500. The van der Waals surface area contributed by atoms with E-state index in [1.165, 1.54) is 30.6 Å². The minimum absolute atomic E-state index is 0.110. The third-order valence-corrected chi connectivity index (χ3v) is 5.85. The average Bonchev–Trinajstić information content (AvgIpc) is 3.19. The second-order valence-electron chi connectivity index (χ2n) is 7.10. The Morgan fingerprint density at radius 3 is 2.72 bits per heavy atom. The topological polar surface area (TPSA) is 96.5 Å². The maximum absolute atomic E-state index is 12.3. The number of hydrogen-bond donors (Lipinski definition) is 2. The Bertz CT molecular complexity index is 824. The Hall–Kier alpha value is -2.36. The van der Waals surface area contributed by atoms with Gasteiger partial charge in [0, 0.05) is 37.5 Å². The summed E-state index contributed by atoms with van der Waals surface area (Å²) in [5.41, 5.74) is 1.16. The molecule has 8 nitrogen and oxygen atoms in total. The van der Waals surface area contributed by atoms with Crippen molar-refractivity contribution in [3.05, 3.63) is 39.8 Å². The molecular weight excluding hydrogens is 390 g/mol. The molecule has 0 saturated carbocycles. The van der Waals surface area contributed by atoms with Crippen LogP contribution in [0.5, 0.6) is 0 Å². The summed E-state index contributed by atoms with van der Waals surface area (Å²) < 4.78 is 4.98. The minimum Gasteiger partial charge on any atom is -0.377 e. The fourth-order valence-corrected chi connectivity index (χ4v) is 4.03. The summed E-state index contributed by atoms with van der Waals surface area (Å²) in [5, 5.41) is 14.4. The number of carbonyl (C=O) groups excluding carboxylic acids is 2. The van der Waals surface area contributed by atoms with Gasteiger partial charge in [0.05, 0.1) is 6.61 Å². The number of amides is 2. The van der Waals surface area contributed by atoms with Crippen LogP contribution in [0.15, 0.2) is 24.3 Å². The number of carbonyl (C=O) groups is 2. The third-order valence-electron chi connectivity index (χ3n) is 4.96. The van der Waals surface area contributed by atoms with Crippen LogP contribution in [0.4, 0.5) is 5.69 Å². The molecule has 1 aliphatic heterocycles. The summed E-state index contributed by atoms with van der Waals surface area (Å²) in [6, 6.07) is 7.39. The van der Waals surface area contributed by atoms with Crippen molar-refractivity contribution >= 4 is 28.8 Å². The molecule has 0 bridgehead atoms. The summed E-state index contributed by atoms with van der Waals surface area (Å²) in [4.78, 5) is 27.0. The zero-order valence-electron chi connectivity index (χ0n) is 16.8. The number of likely N-dealkylation sites (tertiary alicyclic amines) is 1. The van der Waals surface area contributed by atoms with Crippen molar-refractivity contribution in [3.63, 3.8) is 0 Å². The molecule has 0 spiro atoms. The number of nitrogens with zero attached hydrogens (tertiary/aromatic N) is 3. The number of methoxy groups -OCH3 is 1. The average molecular weight is 418 g/mol. The molecule has 2 amide bonds. The van der Waals surface area contributed by atoms with Crippen molar-refractivity contribution in [2.75, 3.05) is 32.1 Å². The number of aromatic nitrogens is 2. The van der Waals surface area contributed by atoms with E-state index in [0.29, 0.717) is 35.5 Å². The zero-order chi connectivity index (χ0) is 20.6. The Morgan fingerprint density at radius 1 is 1.21 bits per heavy atom. The van der Waals surface area contributed by atoms with Gasteiger partial charge in [-0.3, -0.25) is 14.5 Å². The third kappa shape index (κ3) is 6.06. The first kappa shape index (κ1) is 21.4. The van der Waals surface area contributed by atoms with Gasteiger partial charge in [-0.25, -0.2) is 0 Å². The normalized spacial score (nSPS) is 17.1. The minimum atomic E-state index is -0.335. The van der Waals surface area contributed by atoms with E-state index in [4.69, 9.17) is 4.74 Å². The van der Waals surface area contributed by atoms with Crippen LogP contribution < -0.4 is 10.6 Å². The molecule has 0 radical (unpaired) electrons. The Balaban J connectivity index is 1.47. The first-order chi connectivity index (χ1) is 14.1. The molecule has 1 fully saturated rings. The predicted molar refractivity (Wildman–Crippen MR) is 112 cm³/mol. The van der Waals surface area contributed by atoms with Crippen molar-refractivity contribution < 1.29 is 14.3 Å². The first-order valence-corrected chi connectivity index (χ1v) is 10.6. The highest BCUT2D eigenvalue weighted by Gasteiger charge is 2.18. The number of rotatable bonds is 8. The van der Waals surface area contributed by atoms with E-state index in [9.17, 15) is 9.59 Å². The second-order valence-corrected chi connectivity index (χ2v) is 8.16. The van der Waals surface area contributed by atoms with E-state index in [0.717, 1.165) is 13.1 Å². The Labute approximate surface area is 174 Å². The van der Waals surface area contributed by atoms with Crippen LogP contribution in [0.25, 0.3) is 0 Å². The molecule has 2 heterocycles. The maximum Gasteiger partial charge on any atom is 0.286 e. The van der Waals surface area contributed by atoms with Gasteiger partial charge in [0.25, 0.3) is 11.8 Å². The van der Waals surface area contributed by atoms with Crippen LogP contribution in [0.1, 0.15) is 51.4 Å². The van der Waals surface area contributed by atoms with Crippen molar-refractivity contribution in [3.8, 4) is 0 Å². The molecule has 0 aliphatic carbocycles. The van der Waals surface area contributed by atoms with Gasteiger partial charge in [-0.1, -0.05) is 17.8 Å². The van der Waals surface area contributed by atoms with Crippen LogP contribution in [0.2, 0.25) is 0 Å². The van der Waals surface area contributed by atoms with Gasteiger partial charge in [0.15, 0.2) is 0 Å². The SMILES string of the molecule is COCc1nnc(C(=O)Nc2ccc(C(=O)NCCN3CCCC[C@H]3C)cc2)s1. The van der Waals surface area contributed by atoms with Crippen LogP contribution in [0, 0.1) is 0 Å². The van der Waals surface area contributed by atoms with Gasteiger partial charge in [-0.15, -0.1) is 10.2 Å². The van der Waals surface area contributed by atoms with Gasteiger partial charge >= 0.3 is 0 Å². The summed E-state index contributed by atoms with van der Waals surface area (Å²) >= 11 is 1.19. The number of hydrogen-bond acceptors (Lipinski definition) is 7. The molecule has 9 heteroatoms. The molecule has 29 heavy (non-hydrogen) atoms. The quantitative estimate of drug-likeness (QED) is 0.685. The van der Waals surface area contributed by atoms with Crippen molar-refractivity contribution in [1.82, 2.24) is 20.4 Å². The maximum atomic E-state index is 12.3. The smallest absolute Gasteiger partial charge is 0.286 e. The zero-order valence-corrected chi connectivity index (χ0v) is 17.6. The summed E-state index contributed by atoms with van der Waals surface area (Å²) in [6.07, 6.45) is 3.75. The van der Waals surface area contributed by atoms with Crippen molar-refractivity contribution in [2.45, 2.75) is 38.8 Å². The number of ether oxygens (including phenoxy) is 1. The fourth-order valence-electron chi connectivity index (χ4n) is 3.32. The molecular formula is C20H27N5O3S. The van der Waals surface area contributed by atoms with Gasteiger partial charge in [0.1, 0.15) is 5.01 Å². The molecule has 156 valence electrons. The molecule has 3 rings (SSSR count). The Morgan fingerprint density at radius 2 is 2.00 bits per heavy atom. The van der Waals surface area contributed by atoms with Gasteiger partial charge in [-0.05, 0) is 50.6 Å².